The van der Waals surface area contributed by atoms with E-state index in [4.69, 9.17) is 4.42 Å². The van der Waals surface area contributed by atoms with E-state index in [9.17, 15) is 4.79 Å². The molecule has 7 heteroatoms. The topological polar surface area (TPSA) is 73.0 Å². The van der Waals surface area contributed by atoms with Gasteiger partial charge in [-0.25, -0.2) is 0 Å². The van der Waals surface area contributed by atoms with E-state index in [1.807, 2.05) is 30.7 Å². The monoisotopic (exact) mass is 362 g/mol. The van der Waals surface area contributed by atoms with Gasteiger partial charge in [-0.05, 0) is 37.3 Å². The van der Waals surface area contributed by atoms with Gasteiger partial charge in [0, 0.05) is 13.1 Å². The molecule has 0 saturated heterocycles. The van der Waals surface area contributed by atoms with E-state index in [2.05, 4.69) is 29.4 Å². The molecule has 1 amide bonds. The van der Waals surface area contributed by atoms with Crippen LogP contribution >= 0.6 is 11.8 Å². The van der Waals surface area contributed by atoms with Crippen molar-refractivity contribution in [3.63, 3.8) is 0 Å². The molecule has 0 spiro atoms. The van der Waals surface area contributed by atoms with Gasteiger partial charge in [0.1, 0.15) is 0 Å². The van der Waals surface area contributed by atoms with Crippen LogP contribution in [0, 0.1) is 11.8 Å². The van der Waals surface area contributed by atoms with E-state index >= 15 is 0 Å². The molecule has 6 nitrogen and oxygen atoms in total. The fourth-order valence-corrected chi connectivity index (χ4v) is 4.16. The first kappa shape index (κ1) is 18.0. The molecule has 0 bridgehead atoms. The highest BCUT2D eigenvalue weighted by Gasteiger charge is 2.30. The lowest BCUT2D eigenvalue weighted by molar-refractivity contribution is -0.121. The fourth-order valence-electron chi connectivity index (χ4n) is 3.34. The van der Waals surface area contributed by atoms with Crippen LogP contribution in [0.25, 0.3) is 11.6 Å². The standard InChI is InChI=1S/C18H26N4O2S/c1-11-7-5-8-14(12(11)2)19-17(23)13(3)25-18-21-20-16(22(18)4)15-9-6-10-24-15/h6,9-14H,5,7-8H2,1-4H3,(H,19,23)/t11-,12+,13+,14-/m0/s1. The molecule has 4 atom stereocenters. The minimum atomic E-state index is -0.225. The van der Waals surface area contributed by atoms with Crippen molar-refractivity contribution in [3.05, 3.63) is 18.4 Å². The molecule has 0 aliphatic heterocycles. The molecule has 1 saturated carbocycles. The lowest BCUT2D eigenvalue weighted by atomic mass is 9.78. The molecule has 0 aromatic carbocycles. The number of rotatable bonds is 5. The van der Waals surface area contributed by atoms with Crippen LogP contribution in [0.3, 0.4) is 0 Å². The Bertz CT molecular complexity index is 713. The first-order valence-corrected chi connectivity index (χ1v) is 9.75. The van der Waals surface area contributed by atoms with Crippen molar-refractivity contribution < 1.29 is 9.21 Å². The van der Waals surface area contributed by atoms with E-state index in [1.165, 1.54) is 24.6 Å². The Labute approximate surface area is 152 Å². The van der Waals surface area contributed by atoms with Gasteiger partial charge in [0.25, 0.3) is 0 Å². The molecule has 1 N–H and O–H groups in total. The number of furan rings is 1. The van der Waals surface area contributed by atoms with Crippen LogP contribution in [0.2, 0.25) is 0 Å². The number of carbonyl (C=O) groups excluding carboxylic acids is 1. The molecule has 2 heterocycles. The third-order valence-corrected chi connectivity index (χ3v) is 6.40. The quantitative estimate of drug-likeness (QED) is 0.824. The van der Waals surface area contributed by atoms with Crippen molar-refractivity contribution in [2.24, 2.45) is 18.9 Å². The molecule has 3 rings (SSSR count). The molecule has 0 unspecified atom stereocenters. The Morgan fingerprint density at radius 2 is 2.20 bits per heavy atom. The smallest absolute Gasteiger partial charge is 0.233 e. The van der Waals surface area contributed by atoms with Crippen molar-refractivity contribution in [1.82, 2.24) is 20.1 Å². The molecule has 25 heavy (non-hydrogen) atoms. The molecule has 0 radical (unpaired) electrons. The van der Waals surface area contributed by atoms with Crippen LogP contribution in [0.5, 0.6) is 0 Å². The number of thioether (sulfide) groups is 1. The molecule has 1 aliphatic rings. The summed E-state index contributed by atoms with van der Waals surface area (Å²) in [4.78, 5) is 12.6. The summed E-state index contributed by atoms with van der Waals surface area (Å²) in [5, 5.41) is 12.1. The summed E-state index contributed by atoms with van der Waals surface area (Å²) < 4.78 is 7.24. The number of carbonyl (C=O) groups is 1. The van der Waals surface area contributed by atoms with Crippen molar-refractivity contribution in [2.45, 2.75) is 56.5 Å². The van der Waals surface area contributed by atoms with Gasteiger partial charge >= 0.3 is 0 Å². The van der Waals surface area contributed by atoms with Crippen LogP contribution in [0.15, 0.2) is 28.0 Å². The lowest BCUT2D eigenvalue weighted by Crippen LogP contribution is -2.46. The zero-order valence-corrected chi connectivity index (χ0v) is 16.0. The molecule has 1 aliphatic carbocycles. The van der Waals surface area contributed by atoms with Crippen LogP contribution < -0.4 is 5.32 Å². The van der Waals surface area contributed by atoms with Gasteiger partial charge in [0.05, 0.1) is 11.5 Å². The second kappa shape index (κ2) is 7.64. The summed E-state index contributed by atoms with van der Waals surface area (Å²) in [5.74, 6) is 2.59. The summed E-state index contributed by atoms with van der Waals surface area (Å²) in [7, 11) is 1.88. The second-order valence-electron chi connectivity index (χ2n) is 6.98. The molecular weight excluding hydrogens is 336 g/mol. The summed E-state index contributed by atoms with van der Waals surface area (Å²) in [5.41, 5.74) is 0. The van der Waals surface area contributed by atoms with Crippen molar-refractivity contribution >= 4 is 17.7 Å². The Balaban J connectivity index is 1.62. The fraction of sp³-hybridized carbons (Fsp3) is 0.611. The molecule has 1 fully saturated rings. The molecule has 2 aromatic rings. The van der Waals surface area contributed by atoms with E-state index in [0.29, 0.717) is 28.6 Å². The van der Waals surface area contributed by atoms with Crippen molar-refractivity contribution in [3.8, 4) is 11.6 Å². The van der Waals surface area contributed by atoms with Gasteiger partial charge in [-0.1, -0.05) is 38.5 Å². The lowest BCUT2D eigenvalue weighted by Gasteiger charge is -2.35. The number of hydrogen-bond donors (Lipinski definition) is 1. The Hall–Kier alpha value is -1.76. The average molecular weight is 362 g/mol. The number of hydrogen-bond acceptors (Lipinski definition) is 5. The van der Waals surface area contributed by atoms with Gasteiger partial charge in [-0.15, -0.1) is 10.2 Å². The summed E-state index contributed by atoms with van der Waals surface area (Å²) in [6.07, 6.45) is 5.13. The van der Waals surface area contributed by atoms with E-state index in [1.54, 1.807) is 6.26 Å². The zero-order valence-electron chi connectivity index (χ0n) is 15.2. The van der Waals surface area contributed by atoms with E-state index < -0.39 is 0 Å². The zero-order chi connectivity index (χ0) is 18.0. The Morgan fingerprint density at radius 3 is 2.92 bits per heavy atom. The predicted octanol–water partition coefficient (Wildman–Crippen LogP) is 3.50. The van der Waals surface area contributed by atoms with Crippen molar-refractivity contribution in [1.29, 1.82) is 0 Å². The van der Waals surface area contributed by atoms with Crippen LogP contribution in [-0.2, 0) is 11.8 Å². The summed E-state index contributed by atoms with van der Waals surface area (Å²) in [6.45, 7) is 6.43. The van der Waals surface area contributed by atoms with E-state index in [0.717, 1.165) is 6.42 Å². The van der Waals surface area contributed by atoms with Crippen LogP contribution in [0.4, 0.5) is 0 Å². The third-order valence-electron chi connectivity index (χ3n) is 5.26. The highest BCUT2D eigenvalue weighted by Crippen LogP contribution is 2.30. The maximum atomic E-state index is 12.6. The summed E-state index contributed by atoms with van der Waals surface area (Å²) >= 11 is 1.42. The number of aromatic nitrogens is 3. The third kappa shape index (κ3) is 3.92. The number of nitrogens with one attached hydrogen (secondary N) is 1. The second-order valence-corrected chi connectivity index (χ2v) is 8.29. The van der Waals surface area contributed by atoms with Crippen LogP contribution in [-0.4, -0.2) is 32.0 Å². The number of amides is 1. The SMILES string of the molecule is C[C@H]1[C@@H](NC(=O)[C@@H](C)Sc2nnc(-c3ccco3)n2C)CCC[C@@H]1C. The van der Waals surface area contributed by atoms with Crippen molar-refractivity contribution in [2.75, 3.05) is 0 Å². The maximum Gasteiger partial charge on any atom is 0.233 e. The first-order valence-electron chi connectivity index (χ1n) is 8.87. The Morgan fingerprint density at radius 1 is 1.40 bits per heavy atom. The largest absolute Gasteiger partial charge is 0.461 e. The highest BCUT2D eigenvalue weighted by molar-refractivity contribution is 8.00. The molecule has 2 aromatic heterocycles. The van der Waals surface area contributed by atoms with Gasteiger partial charge in [-0.3, -0.25) is 4.79 Å². The normalized spacial score (nSPS) is 24.9. The predicted molar refractivity (Wildman–Crippen MR) is 98.1 cm³/mol. The first-order chi connectivity index (χ1) is 12.0. The minimum Gasteiger partial charge on any atom is -0.461 e. The van der Waals surface area contributed by atoms with Gasteiger partial charge in [0.2, 0.25) is 5.91 Å². The van der Waals surface area contributed by atoms with Crippen LogP contribution in [0.1, 0.15) is 40.0 Å². The van der Waals surface area contributed by atoms with Gasteiger partial charge < -0.3 is 14.3 Å². The van der Waals surface area contributed by atoms with Gasteiger partial charge in [-0.2, -0.15) is 0 Å². The van der Waals surface area contributed by atoms with Gasteiger partial charge in [0.15, 0.2) is 16.7 Å². The molecule has 136 valence electrons. The summed E-state index contributed by atoms with van der Waals surface area (Å²) in [6, 6.07) is 3.94. The molecular formula is C18H26N4O2S. The minimum absolute atomic E-state index is 0.0681. The van der Waals surface area contributed by atoms with E-state index in [-0.39, 0.29) is 17.2 Å². The number of nitrogens with zero attached hydrogens (tertiary/aromatic N) is 3. The highest BCUT2D eigenvalue weighted by atomic mass is 32.2. The maximum absolute atomic E-state index is 12.6. The average Bonchev–Trinajstić information content (AvgIpc) is 3.22. The Kier molecular flexibility index (Phi) is 5.51.